The lowest BCUT2D eigenvalue weighted by atomic mass is 10.1. The molecule has 2 N–H and O–H groups in total. The first kappa shape index (κ1) is 12.4. The third kappa shape index (κ3) is 2.16. The summed E-state index contributed by atoms with van der Waals surface area (Å²) in [6.45, 7) is 3.99. The van der Waals surface area contributed by atoms with E-state index in [2.05, 4.69) is 10.1 Å². The number of nitrogens with two attached hydrogens (primary N) is 1. The highest BCUT2D eigenvalue weighted by Crippen LogP contribution is 2.28. The van der Waals surface area contributed by atoms with Gasteiger partial charge in [0, 0.05) is 11.3 Å². The lowest BCUT2D eigenvalue weighted by molar-refractivity contribution is 0.432. The van der Waals surface area contributed by atoms with Gasteiger partial charge in [-0.3, -0.25) is 0 Å². The minimum atomic E-state index is 0.447. The second-order valence-electron chi connectivity index (χ2n) is 4.83. The summed E-state index contributed by atoms with van der Waals surface area (Å²) in [6, 6.07) is 13.8. The van der Waals surface area contributed by atoms with Crippen LogP contribution in [-0.2, 0) is 0 Å². The monoisotopic (exact) mass is 265 g/mol. The highest BCUT2D eigenvalue weighted by atomic mass is 16.5. The largest absolute Gasteiger partial charge is 0.398 e. The Morgan fingerprint density at radius 2 is 1.85 bits per heavy atom. The molecule has 2 aromatic carbocycles. The van der Waals surface area contributed by atoms with Crippen LogP contribution in [0, 0.1) is 13.8 Å². The number of anilines is 1. The molecule has 0 atom stereocenters. The molecule has 0 aliphatic rings. The van der Waals surface area contributed by atoms with Gasteiger partial charge in [-0.25, -0.2) is 0 Å². The number of hydrogen-bond acceptors (Lipinski definition) is 4. The molecule has 0 unspecified atom stereocenters. The highest BCUT2D eigenvalue weighted by Gasteiger charge is 2.13. The van der Waals surface area contributed by atoms with Gasteiger partial charge in [0.05, 0.1) is 5.56 Å². The van der Waals surface area contributed by atoms with Crippen LogP contribution >= 0.6 is 0 Å². The fourth-order valence-corrected chi connectivity index (χ4v) is 2.10. The minimum absolute atomic E-state index is 0.447. The van der Waals surface area contributed by atoms with Crippen molar-refractivity contribution >= 4 is 5.69 Å². The van der Waals surface area contributed by atoms with Crippen molar-refractivity contribution in [1.29, 1.82) is 0 Å². The molecule has 4 heteroatoms. The Hall–Kier alpha value is -2.62. The molecule has 0 fully saturated rings. The topological polar surface area (TPSA) is 64.9 Å². The second-order valence-corrected chi connectivity index (χ2v) is 4.83. The molecular formula is C16H15N3O. The highest BCUT2D eigenvalue weighted by molar-refractivity contribution is 5.74. The Balaban J connectivity index is 2.04. The molecule has 0 saturated heterocycles. The molecule has 0 spiro atoms. The molecule has 3 aromatic rings. The van der Waals surface area contributed by atoms with Crippen molar-refractivity contribution in [3.63, 3.8) is 0 Å². The van der Waals surface area contributed by atoms with E-state index in [0.717, 1.165) is 22.3 Å². The Labute approximate surface area is 117 Å². The zero-order chi connectivity index (χ0) is 14.1. The van der Waals surface area contributed by atoms with E-state index < -0.39 is 0 Å². The van der Waals surface area contributed by atoms with Gasteiger partial charge in [-0.1, -0.05) is 41.1 Å². The second kappa shape index (κ2) is 4.81. The van der Waals surface area contributed by atoms with Crippen LogP contribution in [0.5, 0.6) is 0 Å². The molecule has 0 bridgehead atoms. The van der Waals surface area contributed by atoms with E-state index in [1.165, 1.54) is 0 Å². The zero-order valence-electron chi connectivity index (χ0n) is 11.4. The first-order chi connectivity index (χ1) is 9.65. The number of aromatic nitrogens is 2. The average Bonchev–Trinajstić information content (AvgIpc) is 2.91. The number of hydrogen-bond donors (Lipinski definition) is 1. The normalized spacial score (nSPS) is 10.7. The van der Waals surface area contributed by atoms with E-state index >= 15 is 0 Å². The van der Waals surface area contributed by atoms with Gasteiger partial charge in [-0.05, 0) is 31.5 Å². The van der Waals surface area contributed by atoms with E-state index in [1.807, 2.05) is 56.3 Å². The predicted octanol–water partition coefficient (Wildman–Crippen LogP) is 3.60. The smallest absolute Gasteiger partial charge is 0.260 e. The summed E-state index contributed by atoms with van der Waals surface area (Å²) in [5, 5.41) is 4.03. The lowest BCUT2D eigenvalue weighted by Crippen LogP contribution is -1.93. The summed E-state index contributed by atoms with van der Waals surface area (Å²) in [6.07, 6.45) is 0. The van der Waals surface area contributed by atoms with Crippen molar-refractivity contribution in [2.75, 3.05) is 5.73 Å². The van der Waals surface area contributed by atoms with Crippen LogP contribution in [0.15, 0.2) is 47.0 Å². The number of para-hydroxylation sites is 1. The Kier molecular flexibility index (Phi) is 2.99. The van der Waals surface area contributed by atoms with E-state index in [0.29, 0.717) is 17.4 Å². The summed E-state index contributed by atoms with van der Waals surface area (Å²) in [4.78, 5) is 4.44. The predicted molar refractivity (Wildman–Crippen MR) is 79.1 cm³/mol. The van der Waals surface area contributed by atoms with Crippen LogP contribution in [0.1, 0.15) is 11.1 Å². The number of nitrogens with zero attached hydrogens (tertiary/aromatic N) is 2. The third-order valence-electron chi connectivity index (χ3n) is 3.26. The van der Waals surface area contributed by atoms with Crippen molar-refractivity contribution in [2.45, 2.75) is 13.8 Å². The van der Waals surface area contributed by atoms with E-state index in [4.69, 9.17) is 10.3 Å². The van der Waals surface area contributed by atoms with Gasteiger partial charge in [0.2, 0.25) is 5.82 Å². The Morgan fingerprint density at radius 3 is 2.65 bits per heavy atom. The van der Waals surface area contributed by atoms with Crippen molar-refractivity contribution in [3.05, 3.63) is 53.6 Å². The summed E-state index contributed by atoms with van der Waals surface area (Å²) >= 11 is 0. The number of nitrogen functional groups attached to an aromatic ring is 1. The molecule has 1 heterocycles. The summed E-state index contributed by atoms with van der Waals surface area (Å²) in [5.41, 5.74) is 10.6. The zero-order valence-corrected chi connectivity index (χ0v) is 11.4. The molecule has 3 rings (SSSR count). The van der Waals surface area contributed by atoms with Gasteiger partial charge in [0.1, 0.15) is 0 Å². The molecule has 20 heavy (non-hydrogen) atoms. The molecule has 0 saturated carbocycles. The van der Waals surface area contributed by atoms with Crippen molar-refractivity contribution in [2.24, 2.45) is 0 Å². The molecule has 0 aliphatic carbocycles. The summed E-state index contributed by atoms with van der Waals surface area (Å²) < 4.78 is 5.34. The van der Waals surface area contributed by atoms with Crippen molar-refractivity contribution in [3.8, 4) is 22.8 Å². The minimum Gasteiger partial charge on any atom is -0.398 e. The fourth-order valence-electron chi connectivity index (χ4n) is 2.10. The molecule has 1 aromatic heterocycles. The van der Waals surface area contributed by atoms with Crippen LogP contribution in [0.25, 0.3) is 22.8 Å². The van der Waals surface area contributed by atoms with Gasteiger partial charge in [0.15, 0.2) is 0 Å². The van der Waals surface area contributed by atoms with E-state index in [9.17, 15) is 0 Å². The van der Waals surface area contributed by atoms with Gasteiger partial charge in [0.25, 0.3) is 5.89 Å². The van der Waals surface area contributed by atoms with Crippen molar-refractivity contribution in [1.82, 2.24) is 10.1 Å². The van der Waals surface area contributed by atoms with E-state index in [-0.39, 0.29) is 0 Å². The third-order valence-corrected chi connectivity index (χ3v) is 3.26. The van der Waals surface area contributed by atoms with E-state index in [1.54, 1.807) is 0 Å². The molecule has 100 valence electrons. The first-order valence-corrected chi connectivity index (χ1v) is 6.41. The molecule has 4 nitrogen and oxygen atoms in total. The van der Waals surface area contributed by atoms with Crippen LogP contribution in [-0.4, -0.2) is 10.1 Å². The SMILES string of the molecule is Cc1cccc(-c2noc(-c3cccc(C)c3N)n2)c1. The molecule has 0 amide bonds. The van der Waals surface area contributed by atoms with Crippen LogP contribution in [0.4, 0.5) is 5.69 Å². The first-order valence-electron chi connectivity index (χ1n) is 6.41. The van der Waals surface area contributed by atoms with Crippen LogP contribution < -0.4 is 5.73 Å². The van der Waals surface area contributed by atoms with Crippen LogP contribution in [0.2, 0.25) is 0 Å². The fraction of sp³-hybridized carbons (Fsp3) is 0.125. The standard InChI is InChI=1S/C16H15N3O/c1-10-5-3-7-12(9-10)15-18-16(20-19-15)13-8-4-6-11(2)14(13)17/h3-9H,17H2,1-2H3. The quantitative estimate of drug-likeness (QED) is 0.719. The molecular weight excluding hydrogens is 250 g/mol. The lowest BCUT2D eigenvalue weighted by Gasteiger charge is -2.03. The van der Waals surface area contributed by atoms with Gasteiger partial charge >= 0.3 is 0 Å². The van der Waals surface area contributed by atoms with Gasteiger partial charge in [-0.2, -0.15) is 4.98 Å². The van der Waals surface area contributed by atoms with Gasteiger partial charge in [-0.15, -0.1) is 0 Å². The number of aryl methyl sites for hydroxylation is 2. The molecule has 0 aliphatic heterocycles. The maximum Gasteiger partial charge on any atom is 0.260 e. The summed E-state index contributed by atoms with van der Waals surface area (Å²) in [5.74, 6) is 1.02. The average molecular weight is 265 g/mol. The number of benzene rings is 2. The maximum atomic E-state index is 6.06. The number of rotatable bonds is 2. The Bertz CT molecular complexity index is 762. The van der Waals surface area contributed by atoms with Crippen molar-refractivity contribution < 1.29 is 4.52 Å². The molecule has 0 radical (unpaired) electrons. The Morgan fingerprint density at radius 1 is 1.05 bits per heavy atom. The van der Waals surface area contributed by atoms with Crippen LogP contribution in [0.3, 0.4) is 0 Å². The van der Waals surface area contributed by atoms with Gasteiger partial charge < -0.3 is 10.3 Å². The summed E-state index contributed by atoms with van der Waals surface area (Å²) in [7, 11) is 0. The maximum absolute atomic E-state index is 6.06.